The number of nitrogens with one attached hydrogen (secondary N) is 2. The largest absolute Gasteiger partial charge is 0.467 e. The van der Waals surface area contributed by atoms with E-state index in [0.717, 1.165) is 12.0 Å². The van der Waals surface area contributed by atoms with Gasteiger partial charge in [-0.1, -0.05) is 30.3 Å². The lowest BCUT2D eigenvalue weighted by atomic mass is 10.1. The van der Waals surface area contributed by atoms with Crippen LogP contribution in [-0.4, -0.2) is 76.0 Å². The first-order valence-corrected chi connectivity index (χ1v) is 12.0. The lowest BCUT2D eigenvalue weighted by molar-refractivity contribution is -0.151. The van der Waals surface area contributed by atoms with Crippen LogP contribution < -0.4 is 16.4 Å². The van der Waals surface area contributed by atoms with Gasteiger partial charge in [0.2, 0.25) is 11.8 Å². The third-order valence-electron chi connectivity index (χ3n) is 5.85. The molecular weight excluding hydrogens is 480 g/mol. The van der Waals surface area contributed by atoms with Crippen molar-refractivity contribution in [2.24, 2.45) is 5.73 Å². The van der Waals surface area contributed by atoms with Crippen molar-refractivity contribution in [3.05, 3.63) is 48.4 Å². The number of methoxy groups -OCH3 is 1. The topological polar surface area (TPSA) is 158 Å². The number of esters is 1. The molecule has 0 spiro atoms. The van der Waals surface area contributed by atoms with Crippen molar-refractivity contribution in [3.8, 4) is 0 Å². The monoisotopic (exact) mass is 514 g/mol. The fraction of sp³-hybridized carbons (Fsp3) is 0.480. The first-order valence-electron chi connectivity index (χ1n) is 12.0. The normalized spacial score (nSPS) is 16.2. The molecule has 0 saturated carbocycles. The zero-order valence-corrected chi connectivity index (χ0v) is 21.3. The van der Waals surface area contributed by atoms with Crippen LogP contribution in [0.25, 0.3) is 0 Å². The van der Waals surface area contributed by atoms with Crippen LogP contribution in [0, 0.1) is 0 Å². The van der Waals surface area contributed by atoms with Crippen LogP contribution >= 0.6 is 0 Å². The van der Waals surface area contributed by atoms with Crippen molar-refractivity contribution < 1.29 is 28.7 Å². The molecule has 1 aromatic carbocycles. The summed E-state index contributed by atoms with van der Waals surface area (Å²) < 4.78 is 12.0. The van der Waals surface area contributed by atoms with E-state index in [9.17, 15) is 19.2 Å². The van der Waals surface area contributed by atoms with Crippen molar-refractivity contribution in [1.29, 1.82) is 0 Å². The number of likely N-dealkylation sites (tertiary alicyclic amines) is 1. The molecule has 200 valence electrons. The number of ether oxygens (including phenoxy) is 2. The maximum atomic E-state index is 13.0. The predicted octanol–water partition coefficient (Wildman–Crippen LogP) is 0.425. The van der Waals surface area contributed by atoms with E-state index in [4.69, 9.17) is 15.2 Å². The van der Waals surface area contributed by atoms with E-state index >= 15 is 0 Å². The summed E-state index contributed by atoms with van der Waals surface area (Å²) in [5.74, 6) is -1.57. The van der Waals surface area contributed by atoms with Gasteiger partial charge in [-0.25, -0.2) is 9.78 Å². The van der Waals surface area contributed by atoms with Crippen molar-refractivity contribution in [3.63, 3.8) is 0 Å². The molecule has 3 amide bonds. The fourth-order valence-electron chi connectivity index (χ4n) is 3.81. The predicted molar refractivity (Wildman–Crippen MR) is 134 cm³/mol. The second-order valence-electron chi connectivity index (χ2n) is 9.44. The van der Waals surface area contributed by atoms with Gasteiger partial charge < -0.3 is 35.3 Å². The standard InChI is InChI=1S/C25H34N6O6/c1-25(2,26)24(35)28-18(15-37-14-17-8-5-4-6-9-17)22(33)29-20-12-30(16-27-20)13-21(32)31-11-7-10-19(31)23(34)36-3/h4-6,8-9,12,16,18-19H,7,10-11,13-15,26H2,1-3H3,(H,28,35)(H,29,33). The third kappa shape index (κ3) is 7.86. The number of benzene rings is 1. The second-order valence-corrected chi connectivity index (χ2v) is 9.44. The molecule has 1 aliphatic heterocycles. The Morgan fingerprint density at radius 3 is 2.62 bits per heavy atom. The summed E-state index contributed by atoms with van der Waals surface area (Å²) in [6, 6.07) is 7.80. The van der Waals surface area contributed by atoms with Crippen molar-refractivity contribution in [2.45, 2.75) is 57.5 Å². The molecule has 0 bridgehead atoms. The van der Waals surface area contributed by atoms with Gasteiger partial charge in [0.1, 0.15) is 18.6 Å². The number of aromatic nitrogens is 2. The lowest BCUT2D eigenvalue weighted by Crippen LogP contribution is -2.56. The Morgan fingerprint density at radius 1 is 1.22 bits per heavy atom. The number of imidazole rings is 1. The van der Waals surface area contributed by atoms with Gasteiger partial charge >= 0.3 is 5.97 Å². The minimum Gasteiger partial charge on any atom is -0.467 e. The summed E-state index contributed by atoms with van der Waals surface area (Å²) in [5, 5.41) is 5.26. The molecule has 1 saturated heterocycles. The van der Waals surface area contributed by atoms with Crippen molar-refractivity contribution in [2.75, 3.05) is 25.6 Å². The maximum Gasteiger partial charge on any atom is 0.328 e. The Labute approximate surface area is 215 Å². The number of nitrogens with zero attached hydrogens (tertiary/aromatic N) is 3. The number of carbonyl (C=O) groups is 4. The van der Waals surface area contributed by atoms with Gasteiger partial charge in [-0.2, -0.15) is 0 Å². The summed E-state index contributed by atoms with van der Waals surface area (Å²) in [6.07, 6.45) is 4.17. The number of hydrogen-bond donors (Lipinski definition) is 3. The third-order valence-corrected chi connectivity index (χ3v) is 5.85. The molecule has 0 aliphatic carbocycles. The van der Waals surface area contributed by atoms with Crippen LogP contribution in [0.4, 0.5) is 5.82 Å². The Balaban J connectivity index is 1.61. The van der Waals surface area contributed by atoms with Gasteiger partial charge in [0.25, 0.3) is 5.91 Å². The van der Waals surface area contributed by atoms with Gasteiger partial charge in [-0.3, -0.25) is 14.4 Å². The molecule has 0 radical (unpaired) electrons. The van der Waals surface area contributed by atoms with Crippen LogP contribution in [0.3, 0.4) is 0 Å². The summed E-state index contributed by atoms with van der Waals surface area (Å²) in [7, 11) is 1.30. The Morgan fingerprint density at radius 2 is 1.95 bits per heavy atom. The number of nitrogens with two attached hydrogens (primary N) is 1. The van der Waals surface area contributed by atoms with Crippen molar-refractivity contribution in [1.82, 2.24) is 19.8 Å². The molecule has 1 fully saturated rings. The van der Waals surface area contributed by atoms with E-state index in [-0.39, 0.29) is 31.5 Å². The van der Waals surface area contributed by atoms with Crippen LogP contribution in [0.2, 0.25) is 0 Å². The highest BCUT2D eigenvalue weighted by atomic mass is 16.5. The zero-order valence-electron chi connectivity index (χ0n) is 21.3. The summed E-state index contributed by atoms with van der Waals surface area (Å²) in [4.78, 5) is 55.7. The number of anilines is 1. The highest BCUT2D eigenvalue weighted by molar-refractivity contribution is 5.98. The van der Waals surface area contributed by atoms with Crippen molar-refractivity contribution >= 4 is 29.5 Å². The van der Waals surface area contributed by atoms with Gasteiger partial charge in [-0.15, -0.1) is 0 Å². The fourth-order valence-corrected chi connectivity index (χ4v) is 3.81. The SMILES string of the molecule is COC(=O)C1CCCN1C(=O)Cn1cnc(NC(=O)C(COCc2ccccc2)NC(=O)C(C)(C)N)c1. The molecule has 37 heavy (non-hydrogen) atoms. The number of hydrogen-bond acceptors (Lipinski definition) is 8. The molecule has 2 unspecified atom stereocenters. The molecule has 1 aromatic heterocycles. The highest BCUT2D eigenvalue weighted by Gasteiger charge is 2.35. The summed E-state index contributed by atoms with van der Waals surface area (Å²) >= 11 is 0. The summed E-state index contributed by atoms with van der Waals surface area (Å²) in [6.45, 7) is 3.65. The molecule has 2 aromatic rings. The molecule has 3 rings (SSSR count). The molecule has 4 N–H and O–H groups in total. The number of carbonyl (C=O) groups excluding carboxylic acids is 4. The maximum absolute atomic E-state index is 13.0. The average Bonchev–Trinajstić information content (AvgIpc) is 3.52. The second kappa shape index (κ2) is 12.5. The minimum atomic E-state index is -1.20. The van der Waals surface area contributed by atoms with E-state index in [1.807, 2.05) is 30.3 Å². The molecule has 12 heteroatoms. The lowest BCUT2D eigenvalue weighted by Gasteiger charge is -2.23. The van der Waals surface area contributed by atoms with E-state index in [0.29, 0.717) is 13.0 Å². The highest BCUT2D eigenvalue weighted by Crippen LogP contribution is 2.19. The van der Waals surface area contributed by atoms with E-state index in [1.165, 1.54) is 42.9 Å². The zero-order chi connectivity index (χ0) is 27.0. The quantitative estimate of drug-likeness (QED) is 0.364. The number of amides is 3. The molecule has 2 heterocycles. The first-order chi connectivity index (χ1) is 17.6. The molecule has 2 atom stereocenters. The van der Waals surface area contributed by atoms with Crippen LogP contribution in [0.5, 0.6) is 0 Å². The smallest absolute Gasteiger partial charge is 0.328 e. The molecular formula is C25H34N6O6. The van der Waals surface area contributed by atoms with E-state index in [2.05, 4.69) is 15.6 Å². The van der Waals surface area contributed by atoms with Gasteiger partial charge in [0, 0.05) is 12.7 Å². The average molecular weight is 515 g/mol. The Bertz CT molecular complexity index is 1100. The van der Waals surface area contributed by atoms with Gasteiger partial charge in [0.15, 0.2) is 5.82 Å². The molecule has 1 aliphatic rings. The Hall–Kier alpha value is -3.77. The van der Waals surface area contributed by atoms with Gasteiger partial charge in [-0.05, 0) is 32.3 Å². The molecule has 12 nitrogen and oxygen atoms in total. The summed E-state index contributed by atoms with van der Waals surface area (Å²) in [5.41, 5.74) is 5.60. The van der Waals surface area contributed by atoms with E-state index < -0.39 is 35.4 Å². The van der Waals surface area contributed by atoms with Gasteiger partial charge in [0.05, 0.1) is 32.2 Å². The minimum absolute atomic E-state index is 0.0575. The van der Waals surface area contributed by atoms with Crippen LogP contribution in [0.15, 0.2) is 42.9 Å². The van der Waals surface area contributed by atoms with Crippen LogP contribution in [-0.2, 0) is 41.8 Å². The van der Waals surface area contributed by atoms with Crippen LogP contribution in [0.1, 0.15) is 32.3 Å². The van der Waals surface area contributed by atoms with E-state index in [1.54, 1.807) is 0 Å². The first kappa shape index (κ1) is 27.8. The Kier molecular flexibility index (Phi) is 9.36. The number of rotatable bonds is 11.